The molecule has 0 radical (unpaired) electrons. The summed E-state index contributed by atoms with van der Waals surface area (Å²) in [7, 11) is -3.53. The van der Waals surface area contributed by atoms with Crippen molar-refractivity contribution in [2.45, 2.75) is 24.3 Å². The van der Waals surface area contributed by atoms with Gasteiger partial charge in [-0.25, -0.2) is 8.42 Å². The molecule has 0 saturated carbocycles. The van der Waals surface area contributed by atoms with Gasteiger partial charge in [-0.15, -0.1) is 0 Å². The van der Waals surface area contributed by atoms with Gasteiger partial charge in [0.05, 0.1) is 10.6 Å². The van der Waals surface area contributed by atoms with Crippen molar-refractivity contribution in [3.8, 4) is 0 Å². The molecule has 1 N–H and O–H groups in total. The zero-order chi connectivity index (χ0) is 13.2. The molecule has 0 aliphatic carbocycles. The number of hydrogen-bond acceptors (Lipinski definition) is 3. The maximum absolute atomic E-state index is 12.1. The van der Waals surface area contributed by atoms with Crippen LogP contribution in [-0.4, -0.2) is 14.5 Å². The van der Waals surface area contributed by atoms with Crippen LogP contribution in [0.2, 0.25) is 0 Å². The van der Waals surface area contributed by atoms with Gasteiger partial charge < -0.3 is 4.74 Å². The number of nitrogens with one attached hydrogen (secondary N) is 1. The molecule has 0 spiro atoms. The van der Waals surface area contributed by atoms with Gasteiger partial charge in [-0.3, -0.25) is 4.72 Å². The topological polar surface area (TPSA) is 55.4 Å². The first-order chi connectivity index (χ1) is 8.53. The Kier molecular flexibility index (Phi) is 3.43. The van der Waals surface area contributed by atoms with Crippen LogP contribution in [0.1, 0.15) is 13.3 Å². The average Bonchev–Trinajstić information content (AvgIpc) is 2.71. The van der Waals surface area contributed by atoms with E-state index in [0.29, 0.717) is 17.9 Å². The molecule has 1 aliphatic heterocycles. The summed E-state index contributed by atoms with van der Waals surface area (Å²) in [6.45, 7) is 5.38. The second-order valence-corrected chi connectivity index (χ2v) is 5.73. The number of sulfonamides is 1. The van der Waals surface area contributed by atoms with Crippen molar-refractivity contribution < 1.29 is 13.2 Å². The van der Waals surface area contributed by atoms with Gasteiger partial charge in [0.25, 0.3) is 10.0 Å². The Hall–Kier alpha value is -1.75. The van der Waals surface area contributed by atoms with E-state index in [1.165, 1.54) is 0 Å². The van der Waals surface area contributed by atoms with E-state index >= 15 is 0 Å². The predicted octanol–water partition coefficient (Wildman–Crippen LogP) is 2.17. The minimum Gasteiger partial charge on any atom is -0.489 e. The first kappa shape index (κ1) is 12.7. The lowest BCUT2D eigenvalue weighted by molar-refractivity contribution is 0.185. The van der Waals surface area contributed by atoms with Crippen LogP contribution in [0.5, 0.6) is 0 Å². The minimum atomic E-state index is -3.53. The molecule has 1 unspecified atom stereocenters. The third kappa shape index (κ3) is 2.56. The molecular weight excluding hydrogens is 250 g/mol. The second kappa shape index (κ2) is 4.86. The Morgan fingerprint density at radius 3 is 2.61 bits per heavy atom. The Morgan fingerprint density at radius 2 is 2.06 bits per heavy atom. The van der Waals surface area contributed by atoms with Crippen LogP contribution in [0.25, 0.3) is 0 Å². The third-order valence-corrected chi connectivity index (χ3v) is 4.14. The van der Waals surface area contributed by atoms with Gasteiger partial charge in [0.1, 0.15) is 11.9 Å². The lowest BCUT2D eigenvalue weighted by atomic mass is 10.2. The van der Waals surface area contributed by atoms with Gasteiger partial charge in [0, 0.05) is 6.42 Å². The Balaban J connectivity index is 2.20. The van der Waals surface area contributed by atoms with E-state index in [9.17, 15) is 8.42 Å². The number of benzene rings is 1. The molecule has 4 nitrogen and oxygen atoms in total. The smallest absolute Gasteiger partial charge is 0.261 e. The van der Waals surface area contributed by atoms with Crippen LogP contribution in [0, 0.1) is 0 Å². The van der Waals surface area contributed by atoms with Crippen LogP contribution in [0.15, 0.2) is 59.3 Å². The summed E-state index contributed by atoms with van der Waals surface area (Å²) in [5.74, 6) is 0.597. The van der Waals surface area contributed by atoms with Crippen molar-refractivity contribution in [3.05, 3.63) is 54.4 Å². The summed E-state index contributed by atoms with van der Waals surface area (Å²) in [6.07, 6.45) is 2.01. The molecule has 5 heteroatoms. The number of rotatable bonds is 4. The minimum absolute atomic E-state index is 0.154. The fourth-order valence-electron chi connectivity index (χ4n) is 1.75. The molecule has 0 fully saturated rings. The highest BCUT2D eigenvalue weighted by molar-refractivity contribution is 7.89. The second-order valence-electron chi connectivity index (χ2n) is 4.05. The SMILES string of the molecule is C=CC1CC(NS(=O)(=O)c2ccccc2)=C(C)O1. The molecule has 96 valence electrons. The lowest BCUT2D eigenvalue weighted by Gasteiger charge is -2.08. The van der Waals surface area contributed by atoms with Crippen LogP contribution >= 0.6 is 0 Å². The largest absolute Gasteiger partial charge is 0.489 e. The van der Waals surface area contributed by atoms with E-state index < -0.39 is 10.0 Å². The molecule has 0 saturated heterocycles. The van der Waals surface area contributed by atoms with Crippen molar-refractivity contribution >= 4 is 10.0 Å². The summed E-state index contributed by atoms with van der Waals surface area (Å²) in [5.41, 5.74) is 0.587. The standard InChI is InChI=1S/C13H15NO3S/c1-3-11-9-13(10(2)17-11)14-18(15,16)12-7-5-4-6-8-12/h3-8,11,14H,1,9H2,2H3. The summed E-state index contributed by atoms with van der Waals surface area (Å²) in [5, 5.41) is 0. The van der Waals surface area contributed by atoms with E-state index in [1.807, 2.05) is 0 Å². The Morgan fingerprint density at radius 1 is 1.39 bits per heavy atom. The zero-order valence-corrected chi connectivity index (χ0v) is 10.9. The lowest BCUT2D eigenvalue weighted by Crippen LogP contribution is -2.23. The quantitative estimate of drug-likeness (QED) is 0.849. The highest BCUT2D eigenvalue weighted by Gasteiger charge is 2.25. The molecule has 0 aromatic heterocycles. The first-order valence-electron chi connectivity index (χ1n) is 5.60. The van der Waals surface area contributed by atoms with Crippen LogP contribution in [0.3, 0.4) is 0 Å². The van der Waals surface area contributed by atoms with Crippen molar-refractivity contribution in [2.75, 3.05) is 0 Å². The molecule has 2 rings (SSSR count). The molecular formula is C13H15NO3S. The monoisotopic (exact) mass is 265 g/mol. The molecule has 0 amide bonds. The van der Waals surface area contributed by atoms with Crippen molar-refractivity contribution in [1.29, 1.82) is 0 Å². The van der Waals surface area contributed by atoms with Crippen molar-refractivity contribution in [2.24, 2.45) is 0 Å². The van der Waals surface area contributed by atoms with Gasteiger partial charge in [0.2, 0.25) is 0 Å². The fourth-order valence-corrected chi connectivity index (χ4v) is 2.94. The molecule has 1 heterocycles. The highest BCUT2D eigenvalue weighted by atomic mass is 32.2. The van der Waals surface area contributed by atoms with E-state index in [4.69, 9.17) is 4.74 Å². The molecule has 1 aromatic rings. The molecule has 0 bridgehead atoms. The van der Waals surface area contributed by atoms with E-state index in [1.54, 1.807) is 43.3 Å². The maximum atomic E-state index is 12.1. The summed E-state index contributed by atoms with van der Waals surface area (Å²) in [4.78, 5) is 0.243. The zero-order valence-electron chi connectivity index (χ0n) is 10.1. The normalized spacial score (nSPS) is 19.5. The number of allylic oxidation sites excluding steroid dienone is 1. The molecule has 1 atom stereocenters. The van der Waals surface area contributed by atoms with Crippen molar-refractivity contribution in [3.63, 3.8) is 0 Å². The first-order valence-corrected chi connectivity index (χ1v) is 7.08. The number of ether oxygens (including phenoxy) is 1. The van der Waals surface area contributed by atoms with Gasteiger partial charge >= 0.3 is 0 Å². The Labute approximate surface area is 107 Å². The summed E-state index contributed by atoms with van der Waals surface area (Å²) in [6, 6.07) is 8.26. The van der Waals surface area contributed by atoms with Crippen LogP contribution < -0.4 is 4.72 Å². The van der Waals surface area contributed by atoms with Gasteiger partial charge in [-0.2, -0.15) is 0 Å². The van der Waals surface area contributed by atoms with E-state index in [0.717, 1.165) is 0 Å². The van der Waals surface area contributed by atoms with E-state index in [2.05, 4.69) is 11.3 Å². The van der Waals surface area contributed by atoms with Gasteiger partial charge in [0.15, 0.2) is 0 Å². The fraction of sp³-hybridized carbons (Fsp3) is 0.231. The molecule has 18 heavy (non-hydrogen) atoms. The van der Waals surface area contributed by atoms with Gasteiger partial charge in [-0.1, -0.05) is 30.9 Å². The predicted molar refractivity (Wildman–Crippen MR) is 69.2 cm³/mol. The average molecular weight is 265 g/mol. The van der Waals surface area contributed by atoms with Crippen LogP contribution in [-0.2, 0) is 14.8 Å². The number of hydrogen-bond donors (Lipinski definition) is 1. The third-order valence-electron chi connectivity index (χ3n) is 2.73. The van der Waals surface area contributed by atoms with Gasteiger partial charge in [-0.05, 0) is 19.1 Å². The highest BCUT2D eigenvalue weighted by Crippen LogP contribution is 2.24. The molecule has 1 aromatic carbocycles. The van der Waals surface area contributed by atoms with Crippen molar-refractivity contribution in [1.82, 2.24) is 4.72 Å². The molecule has 1 aliphatic rings. The summed E-state index contributed by atoms with van der Waals surface area (Å²) < 4.78 is 32.2. The Bertz CT molecular complexity index is 576. The maximum Gasteiger partial charge on any atom is 0.261 e. The van der Waals surface area contributed by atoms with Crippen LogP contribution in [0.4, 0.5) is 0 Å². The van der Waals surface area contributed by atoms with E-state index in [-0.39, 0.29) is 11.0 Å². The summed E-state index contributed by atoms with van der Waals surface area (Å²) >= 11 is 0.